The molecule has 0 fully saturated rings. The molecule has 0 unspecified atom stereocenters. The second-order valence-electron chi connectivity index (χ2n) is 5.64. The van der Waals surface area contributed by atoms with Crippen molar-refractivity contribution in [3.63, 3.8) is 0 Å². The first-order valence-corrected chi connectivity index (χ1v) is 9.21. The van der Waals surface area contributed by atoms with Gasteiger partial charge in [0, 0.05) is 4.90 Å². The van der Waals surface area contributed by atoms with Gasteiger partial charge in [-0.1, -0.05) is 47.2 Å². The molecule has 1 aromatic heterocycles. The topological polar surface area (TPSA) is 103 Å². The lowest BCUT2D eigenvalue weighted by atomic mass is 10.2. The van der Waals surface area contributed by atoms with Crippen molar-refractivity contribution in [1.29, 1.82) is 0 Å². The van der Waals surface area contributed by atoms with E-state index < -0.39 is 11.9 Å². The van der Waals surface area contributed by atoms with E-state index in [4.69, 9.17) is 14.7 Å². The van der Waals surface area contributed by atoms with Crippen LogP contribution in [0, 0.1) is 0 Å². The van der Waals surface area contributed by atoms with Gasteiger partial charge < -0.3 is 14.7 Å². The molecule has 0 saturated carbocycles. The van der Waals surface area contributed by atoms with Crippen LogP contribution in [-0.2, 0) is 9.47 Å². The Labute approximate surface area is 170 Å². The van der Waals surface area contributed by atoms with E-state index in [2.05, 4.69) is 10.3 Å². The summed E-state index contributed by atoms with van der Waals surface area (Å²) < 4.78 is 11.2. The standard InChI is InChI=1S/C20H17N3O5S/c1-27-19(24)14-10-6-7-11-16(14)29-18-15(12-21-26)17(20(25)28-2)22-23(18)13-8-4-3-5-9-13/h3-12,26H,1-2H3/b21-12+. The molecule has 0 saturated heterocycles. The van der Waals surface area contributed by atoms with Gasteiger partial charge in [0.2, 0.25) is 0 Å². The lowest BCUT2D eigenvalue weighted by Crippen LogP contribution is -2.06. The molecular formula is C20H17N3O5S. The van der Waals surface area contributed by atoms with Gasteiger partial charge in [-0.2, -0.15) is 5.10 Å². The van der Waals surface area contributed by atoms with Crippen LogP contribution in [0.2, 0.25) is 0 Å². The fourth-order valence-electron chi connectivity index (χ4n) is 2.62. The molecule has 2 aromatic carbocycles. The third-order valence-electron chi connectivity index (χ3n) is 3.94. The zero-order valence-electron chi connectivity index (χ0n) is 15.6. The first-order chi connectivity index (χ1) is 14.1. The third-order valence-corrected chi connectivity index (χ3v) is 5.11. The molecule has 0 spiro atoms. The Morgan fingerprint density at radius 1 is 1.03 bits per heavy atom. The van der Waals surface area contributed by atoms with Crippen LogP contribution in [0.5, 0.6) is 0 Å². The van der Waals surface area contributed by atoms with Gasteiger partial charge in [-0.05, 0) is 24.3 Å². The van der Waals surface area contributed by atoms with Crippen molar-refractivity contribution in [3.8, 4) is 5.69 Å². The predicted octanol–water partition coefficient (Wildman–Crippen LogP) is 3.40. The Morgan fingerprint density at radius 2 is 1.69 bits per heavy atom. The van der Waals surface area contributed by atoms with Crippen LogP contribution in [0.3, 0.4) is 0 Å². The maximum atomic E-state index is 12.3. The molecule has 0 radical (unpaired) electrons. The molecule has 9 heteroatoms. The summed E-state index contributed by atoms with van der Waals surface area (Å²) in [6.07, 6.45) is 1.11. The molecule has 8 nitrogen and oxygen atoms in total. The number of nitrogens with zero attached hydrogens (tertiary/aromatic N) is 3. The van der Waals surface area contributed by atoms with Crippen molar-refractivity contribution >= 4 is 29.9 Å². The van der Waals surface area contributed by atoms with Crippen molar-refractivity contribution in [2.45, 2.75) is 9.92 Å². The van der Waals surface area contributed by atoms with Crippen LogP contribution in [-0.4, -0.2) is 47.4 Å². The number of hydrogen-bond acceptors (Lipinski definition) is 8. The summed E-state index contributed by atoms with van der Waals surface area (Å²) in [4.78, 5) is 25.0. The van der Waals surface area contributed by atoms with Crippen molar-refractivity contribution in [2.75, 3.05) is 14.2 Å². The summed E-state index contributed by atoms with van der Waals surface area (Å²) in [7, 11) is 2.54. The molecule has 0 bridgehead atoms. The number of methoxy groups -OCH3 is 2. The van der Waals surface area contributed by atoms with Gasteiger partial charge in [-0.25, -0.2) is 14.3 Å². The summed E-state index contributed by atoms with van der Waals surface area (Å²) in [5.74, 6) is -1.18. The molecule has 0 aliphatic carbocycles. The number of ether oxygens (including phenoxy) is 2. The molecule has 0 aliphatic heterocycles. The quantitative estimate of drug-likeness (QED) is 0.287. The fourth-order valence-corrected chi connectivity index (χ4v) is 3.73. The fraction of sp³-hybridized carbons (Fsp3) is 0.100. The Hall–Kier alpha value is -3.59. The van der Waals surface area contributed by atoms with Crippen LogP contribution >= 0.6 is 11.8 Å². The number of aromatic nitrogens is 2. The summed E-state index contributed by atoms with van der Waals surface area (Å²) in [6.45, 7) is 0. The minimum Gasteiger partial charge on any atom is -0.465 e. The molecule has 1 heterocycles. The highest BCUT2D eigenvalue weighted by molar-refractivity contribution is 7.99. The van der Waals surface area contributed by atoms with Gasteiger partial charge in [0.05, 0.1) is 37.2 Å². The van der Waals surface area contributed by atoms with E-state index in [1.54, 1.807) is 24.3 Å². The summed E-state index contributed by atoms with van der Waals surface area (Å²) in [5, 5.41) is 17.0. The van der Waals surface area contributed by atoms with Crippen molar-refractivity contribution in [1.82, 2.24) is 9.78 Å². The van der Waals surface area contributed by atoms with Crippen molar-refractivity contribution in [2.24, 2.45) is 5.16 Å². The first-order valence-electron chi connectivity index (χ1n) is 8.40. The molecule has 148 valence electrons. The maximum absolute atomic E-state index is 12.3. The van der Waals surface area contributed by atoms with E-state index in [1.807, 2.05) is 30.3 Å². The molecule has 0 amide bonds. The smallest absolute Gasteiger partial charge is 0.359 e. The number of esters is 2. The highest BCUT2D eigenvalue weighted by Crippen LogP contribution is 2.35. The lowest BCUT2D eigenvalue weighted by molar-refractivity contribution is 0.0586. The van der Waals surface area contributed by atoms with Gasteiger partial charge in [-0.3, -0.25) is 0 Å². The van der Waals surface area contributed by atoms with E-state index in [9.17, 15) is 9.59 Å². The first kappa shape index (κ1) is 20.2. The Kier molecular flexibility index (Phi) is 6.30. The third kappa shape index (κ3) is 4.14. The minimum atomic E-state index is -0.683. The molecule has 0 aliphatic rings. The van der Waals surface area contributed by atoms with Gasteiger partial charge in [0.15, 0.2) is 5.69 Å². The largest absolute Gasteiger partial charge is 0.465 e. The minimum absolute atomic E-state index is 0.0211. The van der Waals surface area contributed by atoms with E-state index in [0.29, 0.717) is 21.2 Å². The molecule has 3 aromatic rings. The summed E-state index contributed by atoms with van der Waals surface area (Å²) in [5.41, 5.74) is 1.26. The number of benzene rings is 2. The molecule has 1 N–H and O–H groups in total. The van der Waals surface area contributed by atoms with Crippen molar-refractivity contribution in [3.05, 3.63) is 71.4 Å². The zero-order chi connectivity index (χ0) is 20.8. The maximum Gasteiger partial charge on any atom is 0.359 e. The number of oxime groups is 1. The predicted molar refractivity (Wildman–Crippen MR) is 106 cm³/mol. The molecule has 3 rings (SSSR count). The second kappa shape index (κ2) is 9.07. The normalized spacial score (nSPS) is 10.8. The number of para-hydroxylation sites is 1. The Balaban J connectivity index is 2.23. The van der Waals surface area contributed by atoms with Gasteiger partial charge in [0.1, 0.15) is 5.03 Å². The van der Waals surface area contributed by atoms with Gasteiger partial charge in [-0.15, -0.1) is 0 Å². The van der Waals surface area contributed by atoms with Crippen LogP contribution in [0.25, 0.3) is 5.69 Å². The van der Waals surface area contributed by atoms with Gasteiger partial charge >= 0.3 is 11.9 Å². The average molecular weight is 411 g/mol. The molecular weight excluding hydrogens is 394 g/mol. The monoisotopic (exact) mass is 411 g/mol. The second-order valence-corrected chi connectivity index (χ2v) is 6.67. The Morgan fingerprint density at radius 3 is 2.34 bits per heavy atom. The van der Waals surface area contributed by atoms with Crippen LogP contribution in [0.4, 0.5) is 0 Å². The summed E-state index contributed by atoms with van der Waals surface area (Å²) in [6, 6.07) is 16.0. The highest BCUT2D eigenvalue weighted by Gasteiger charge is 2.25. The van der Waals surface area contributed by atoms with E-state index in [0.717, 1.165) is 6.21 Å². The molecule has 29 heavy (non-hydrogen) atoms. The Bertz CT molecular complexity index is 1060. The molecule has 0 atom stereocenters. The SMILES string of the molecule is COC(=O)c1ccccc1Sc1c(/C=N/O)c(C(=O)OC)nn1-c1ccccc1. The average Bonchev–Trinajstić information content (AvgIpc) is 3.12. The number of rotatable bonds is 6. The number of hydrogen-bond donors (Lipinski definition) is 1. The number of carbonyl (C=O) groups is 2. The lowest BCUT2D eigenvalue weighted by Gasteiger charge is -2.10. The number of carbonyl (C=O) groups excluding carboxylic acids is 2. The highest BCUT2D eigenvalue weighted by atomic mass is 32.2. The van der Waals surface area contributed by atoms with E-state index >= 15 is 0 Å². The van der Waals surface area contributed by atoms with Crippen LogP contribution in [0.1, 0.15) is 26.4 Å². The van der Waals surface area contributed by atoms with Crippen LogP contribution in [0.15, 0.2) is 69.7 Å². The van der Waals surface area contributed by atoms with E-state index in [-0.39, 0.29) is 11.3 Å². The zero-order valence-corrected chi connectivity index (χ0v) is 16.4. The summed E-state index contributed by atoms with van der Waals surface area (Å²) >= 11 is 1.18. The van der Waals surface area contributed by atoms with E-state index in [1.165, 1.54) is 30.7 Å². The van der Waals surface area contributed by atoms with Crippen molar-refractivity contribution < 1.29 is 24.3 Å². The van der Waals surface area contributed by atoms with Gasteiger partial charge in [0.25, 0.3) is 0 Å². The van der Waals surface area contributed by atoms with Crippen LogP contribution < -0.4 is 0 Å².